The fourth-order valence-corrected chi connectivity index (χ4v) is 5.95. The van der Waals surface area contributed by atoms with Crippen molar-refractivity contribution in [2.75, 3.05) is 0 Å². The molecular weight excluding hydrogens is 522 g/mol. The standard InChI is InChI=1S/C34H24F2N2O3/c1-19-6-8-22(9-7-19)34(40)41-30-18-31(39)38-29(30)17-27-26-4-2-3-5-28(26)37-32(27)33(38)21-12-10-20(11-13-21)23-14-24(35)16-25(36)15-23/h2-16,18,29,33,37H,17H2,1H3/t29-,33+/m0/s1. The Hall–Kier alpha value is -5.04. The van der Waals surface area contributed by atoms with Gasteiger partial charge in [-0.25, -0.2) is 13.6 Å². The monoisotopic (exact) mass is 546 g/mol. The summed E-state index contributed by atoms with van der Waals surface area (Å²) in [6.45, 7) is 1.94. The Labute approximate surface area is 234 Å². The molecule has 3 heterocycles. The van der Waals surface area contributed by atoms with Crippen molar-refractivity contribution in [3.63, 3.8) is 0 Å². The summed E-state index contributed by atoms with van der Waals surface area (Å²) in [5.74, 6) is -1.76. The van der Waals surface area contributed by atoms with Crippen LogP contribution in [0.15, 0.2) is 103 Å². The molecule has 0 aliphatic carbocycles. The molecule has 2 aliphatic heterocycles. The number of benzene rings is 4. The van der Waals surface area contributed by atoms with E-state index >= 15 is 0 Å². The van der Waals surface area contributed by atoms with Crippen molar-refractivity contribution in [1.82, 2.24) is 9.88 Å². The zero-order chi connectivity index (χ0) is 28.2. The maximum atomic E-state index is 13.9. The van der Waals surface area contributed by atoms with E-state index in [1.54, 1.807) is 29.2 Å². The number of para-hydroxylation sites is 1. The second-order valence-electron chi connectivity index (χ2n) is 10.5. The third-order valence-electron chi connectivity index (χ3n) is 7.90. The van der Waals surface area contributed by atoms with Crippen LogP contribution in [0.1, 0.15) is 38.8 Å². The highest BCUT2D eigenvalue weighted by atomic mass is 19.1. The van der Waals surface area contributed by atoms with Crippen molar-refractivity contribution in [3.8, 4) is 11.1 Å². The second-order valence-corrected chi connectivity index (χ2v) is 10.5. The number of ether oxygens (including phenoxy) is 1. The lowest BCUT2D eigenvalue weighted by atomic mass is 9.88. The summed E-state index contributed by atoms with van der Waals surface area (Å²) in [6.07, 6.45) is 1.89. The number of amides is 1. The van der Waals surface area contributed by atoms with Crippen LogP contribution < -0.4 is 0 Å². The number of fused-ring (bicyclic) bond motifs is 4. The fraction of sp³-hybridized carbons (Fsp3) is 0.118. The molecule has 7 heteroatoms. The van der Waals surface area contributed by atoms with Crippen LogP contribution in [-0.4, -0.2) is 27.8 Å². The molecule has 0 radical (unpaired) electrons. The van der Waals surface area contributed by atoms with Gasteiger partial charge in [-0.2, -0.15) is 0 Å². The van der Waals surface area contributed by atoms with E-state index in [4.69, 9.17) is 4.74 Å². The lowest BCUT2D eigenvalue weighted by molar-refractivity contribution is -0.128. The van der Waals surface area contributed by atoms with E-state index in [1.807, 2.05) is 55.5 Å². The van der Waals surface area contributed by atoms with Gasteiger partial charge in [-0.3, -0.25) is 4.79 Å². The Kier molecular flexibility index (Phi) is 5.82. The molecule has 4 aromatic carbocycles. The summed E-state index contributed by atoms with van der Waals surface area (Å²) < 4.78 is 33.6. The van der Waals surface area contributed by atoms with Gasteiger partial charge in [-0.05, 0) is 59.5 Å². The van der Waals surface area contributed by atoms with E-state index < -0.39 is 29.7 Å². The average Bonchev–Trinajstić information content (AvgIpc) is 3.48. The van der Waals surface area contributed by atoms with Gasteiger partial charge < -0.3 is 14.6 Å². The number of nitrogens with zero attached hydrogens (tertiary/aromatic N) is 1. The van der Waals surface area contributed by atoms with E-state index in [0.717, 1.165) is 39.4 Å². The van der Waals surface area contributed by atoms with Gasteiger partial charge >= 0.3 is 5.97 Å². The smallest absolute Gasteiger partial charge is 0.343 e. The first kappa shape index (κ1) is 25.0. The number of carbonyl (C=O) groups excluding carboxylic acids is 2. The lowest BCUT2D eigenvalue weighted by Crippen LogP contribution is -2.44. The number of rotatable bonds is 4. The third-order valence-corrected chi connectivity index (χ3v) is 7.90. The van der Waals surface area contributed by atoms with E-state index in [0.29, 0.717) is 28.9 Å². The zero-order valence-electron chi connectivity index (χ0n) is 22.0. The van der Waals surface area contributed by atoms with Crippen LogP contribution in [0.2, 0.25) is 0 Å². The minimum Gasteiger partial charge on any atom is -0.425 e. The van der Waals surface area contributed by atoms with Gasteiger partial charge in [-0.15, -0.1) is 0 Å². The molecule has 5 nitrogen and oxygen atoms in total. The van der Waals surface area contributed by atoms with Crippen LogP contribution >= 0.6 is 0 Å². The zero-order valence-corrected chi connectivity index (χ0v) is 22.0. The number of esters is 1. The van der Waals surface area contributed by atoms with Gasteiger partial charge in [-0.1, -0.05) is 60.2 Å². The topological polar surface area (TPSA) is 62.4 Å². The van der Waals surface area contributed by atoms with Crippen molar-refractivity contribution in [2.45, 2.75) is 25.4 Å². The number of hydrogen-bond acceptors (Lipinski definition) is 3. The van der Waals surface area contributed by atoms with Crippen LogP contribution in [0.5, 0.6) is 0 Å². The first-order valence-corrected chi connectivity index (χ1v) is 13.3. The van der Waals surface area contributed by atoms with Crippen LogP contribution in [0.4, 0.5) is 8.78 Å². The predicted molar refractivity (Wildman–Crippen MR) is 151 cm³/mol. The Morgan fingerprint density at radius 3 is 2.34 bits per heavy atom. The number of halogens is 2. The van der Waals surface area contributed by atoms with E-state index in [9.17, 15) is 18.4 Å². The van der Waals surface area contributed by atoms with Crippen LogP contribution in [0, 0.1) is 18.6 Å². The van der Waals surface area contributed by atoms with Crippen molar-refractivity contribution in [1.29, 1.82) is 0 Å². The summed E-state index contributed by atoms with van der Waals surface area (Å²) in [6, 6.07) is 24.8. The molecule has 0 bridgehead atoms. The summed E-state index contributed by atoms with van der Waals surface area (Å²) in [7, 11) is 0. The molecule has 41 heavy (non-hydrogen) atoms. The largest absolute Gasteiger partial charge is 0.425 e. The van der Waals surface area contributed by atoms with E-state index in [-0.39, 0.29) is 5.91 Å². The number of nitrogens with one attached hydrogen (secondary N) is 1. The van der Waals surface area contributed by atoms with Gasteiger partial charge in [0.1, 0.15) is 17.4 Å². The summed E-state index contributed by atoms with van der Waals surface area (Å²) in [4.78, 5) is 31.8. The Morgan fingerprint density at radius 1 is 0.902 bits per heavy atom. The predicted octanol–water partition coefficient (Wildman–Crippen LogP) is 7.02. The quantitative estimate of drug-likeness (QED) is 0.247. The van der Waals surface area contributed by atoms with Crippen molar-refractivity contribution >= 4 is 22.8 Å². The molecule has 1 N–H and O–H groups in total. The first-order valence-electron chi connectivity index (χ1n) is 13.3. The maximum Gasteiger partial charge on any atom is 0.343 e. The first-order chi connectivity index (χ1) is 19.9. The Balaban J connectivity index is 1.28. The molecule has 7 rings (SSSR count). The lowest BCUT2D eigenvalue weighted by Gasteiger charge is -2.39. The van der Waals surface area contributed by atoms with Gasteiger partial charge in [0, 0.05) is 35.2 Å². The molecule has 2 atom stereocenters. The number of carbonyl (C=O) groups is 2. The van der Waals surface area contributed by atoms with Gasteiger partial charge in [0.2, 0.25) is 0 Å². The van der Waals surface area contributed by atoms with Crippen molar-refractivity contribution in [2.24, 2.45) is 0 Å². The number of aryl methyl sites for hydroxylation is 1. The van der Waals surface area contributed by atoms with Gasteiger partial charge in [0.15, 0.2) is 0 Å². The molecule has 0 saturated carbocycles. The summed E-state index contributed by atoms with van der Waals surface area (Å²) in [5, 5.41) is 1.04. The fourth-order valence-electron chi connectivity index (χ4n) is 5.95. The summed E-state index contributed by atoms with van der Waals surface area (Å²) in [5.41, 5.74) is 6.21. The molecule has 2 aliphatic rings. The minimum atomic E-state index is -0.650. The molecule has 0 spiro atoms. The number of hydrogen-bond donors (Lipinski definition) is 1. The molecule has 5 aromatic rings. The normalized spacial score (nSPS) is 17.8. The van der Waals surface area contributed by atoms with Crippen molar-refractivity contribution < 1.29 is 23.1 Å². The van der Waals surface area contributed by atoms with E-state index in [2.05, 4.69) is 4.98 Å². The highest BCUT2D eigenvalue weighted by molar-refractivity contribution is 5.96. The maximum absolute atomic E-state index is 13.9. The Morgan fingerprint density at radius 2 is 1.61 bits per heavy atom. The SMILES string of the molecule is Cc1ccc(C(=O)OC2=CC(=O)N3[C@H](c4ccc(-c5cc(F)cc(F)c5)cc4)c4[nH]c5ccccc5c4C[C@@H]23)cc1. The molecule has 0 saturated heterocycles. The molecular formula is C34H24F2N2O3. The van der Waals surface area contributed by atoms with Crippen LogP contribution in [-0.2, 0) is 16.0 Å². The number of aromatic nitrogens is 1. The van der Waals surface area contributed by atoms with Crippen LogP contribution in [0.3, 0.4) is 0 Å². The highest BCUT2D eigenvalue weighted by Gasteiger charge is 2.46. The molecule has 202 valence electrons. The molecule has 1 aromatic heterocycles. The highest BCUT2D eigenvalue weighted by Crippen LogP contribution is 2.45. The summed E-state index contributed by atoms with van der Waals surface area (Å²) >= 11 is 0. The van der Waals surface area contributed by atoms with Gasteiger partial charge in [0.25, 0.3) is 5.91 Å². The third kappa shape index (κ3) is 4.30. The van der Waals surface area contributed by atoms with Crippen molar-refractivity contribution in [3.05, 3.63) is 142 Å². The molecule has 1 amide bonds. The number of aromatic amines is 1. The average molecular weight is 547 g/mol. The second kappa shape index (κ2) is 9.55. The van der Waals surface area contributed by atoms with E-state index in [1.165, 1.54) is 18.2 Å². The van der Waals surface area contributed by atoms with Crippen LogP contribution in [0.25, 0.3) is 22.0 Å². The minimum absolute atomic E-state index is 0.257. The number of H-pyrrole nitrogens is 1. The van der Waals surface area contributed by atoms with Gasteiger partial charge in [0.05, 0.1) is 17.6 Å². The molecule has 0 unspecified atom stereocenters. The Bertz CT molecular complexity index is 1850. The molecule has 0 fully saturated rings.